The second kappa shape index (κ2) is 11.8. The molecule has 0 aliphatic rings. The van der Waals surface area contributed by atoms with Gasteiger partial charge in [-0.1, -0.05) is 72.4 Å². The van der Waals surface area contributed by atoms with Crippen LogP contribution in [0.1, 0.15) is 24.5 Å². The fourth-order valence-corrected chi connectivity index (χ4v) is 2.88. The summed E-state index contributed by atoms with van der Waals surface area (Å²) in [7, 11) is 0. The van der Waals surface area contributed by atoms with Gasteiger partial charge < -0.3 is 10.1 Å². The van der Waals surface area contributed by atoms with Gasteiger partial charge in [0.2, 0.25) is 5.91 Å². The largest absolute Gasteiger partial charge is 0.461 e. The maximum Gasteiger partial charge on any atom is 0.307 e. The van der Waals surface area contributed by atoms with Crippen LogP contribution in [-0.4, -0.2) is 29.3 Å². The first kappa shape index (κ1) is 21.4. The van der Waals surface area contributed by atoms with E-state index in [9.17, 15) is 14.4 Å². The average molecular weight is 397 g/mol. The second-order valence-corrected chi connectivity index (χ2v) is 7.16. The lowest BCUT2D eigenvalue weighted by atomic mass is 10.1. The van der Waals surface area contributed by atoms with Gasteiger partial charge in [-0.05, 0) is 17.2 Å². The lowest BCUT2D eigenvalue weighted by Crippen LogP contribution is -2.28. The first-order valence-corrected chi connectivity index (χ1v) is 9.90. The number of nitrogens with one attached hydrogen (secondary N) is 1. The molecule has 1 N–H and O–H groups in total. The molecule has 1 amide bonds. The molecule has 0 bridgehead atoms. The Kier molecular flexibility index (Phi) is 9.01. The van der Waals surface area contributed by atoms with Crippen molar-refractivity contribution in [3.8, 4) is 0 Å². The molecule has 2 aromatic rings. The molecule has 0 radical (unpaired) electrons. The number of amides is 1. The zero-order valence-electron chi connectivity index (χ0n) is 15.7. The average Bonchev–Trinajstić information content (AvgIpc) is 2.71. The van der Waals surface area contributed by atoms with Crippen LogP contribution >= 0.6 is 11.8 Å². The molecule has 0 heterocycles. The fourth-order valence-electron chi connectivity index (χ4n) is 2.30. The van der Waals surface area contributed by atoms with Crippen LogP contribution in [0.2, 0.25) is 0 Å². The number of rotatable bonds is 9. The number of thioether (sulfide) groups is 1. The van der Waals surface area contributed by atoms with Crippen molar-refractivity contribution in [1.29, 1.82) is 0 Å². The van der Waals surface area contributed by atoms with Crippen molar-refractivity contribution in [3.63, 3.8) is 0 Å². The summed E-state index contributed by atoms with van der Waals surface area (Å²) in [6.45, 7) is 1.84. The van der Waals surface area contributed by atoms with E-state index in [1.807, 2.05) is 60.7 Å². The number of carbonyl (C=O) groups is 3. The molecule has 2 rings (SSSR count). The summed E-state index contributed by atoms with van der Waals surface area (Å²) in [6, 6.07) is 18.8. The van der Waals surface area contributed by atoms with Gasteiger partial charge in [-0.2, -0.15) is 0 Å². The van der Waals surface area contributed by atoms with Crippen LogP contribution in [-0.2, 0) is 25.7 Å². The summed E-state index contributed by atoms with van der Waals surface area (Å²) in [4.78, 5) is 35.6. The zero-order valence-corrected chi connectivity index (χ0v) is 16.5. The van der Waals surface area contributed by atoms with Crippen molar-refractivity contribution < 1.29 is 19.1 Å². The van der Waals surface area contributed by atoms with Gasteiger partial charge in [0, 0.05) is 24.8 Å². The van der Waals surface area contributed by atoms with Crippen molar-refractivity contribution in [2.45, 2.75) is 20.0 Å². The Hall–Kier alpha value is -2.86. The Bertz CT molecular complexity index is 819. The van der Waals surface area contributed by atoms with E-state index in [0.717, 1.165) is 22.9 Å². The van der Waals surface area contributed by atoms with E-state index < -0.39 is 0 Å². The summed E-state index contributed by atoms with van der Waals surface area (Å²) in [6.07, 6.45) is 1.83. The molecule has 0 aromatic heterocycles. The first-order valence-electron chi connectivity index (χ1n) is 8.91. The van der Waals surface area contributed by atoms with Gasteiger partial charge in [0.1, 0.15) is 6.61 Å². The summed E-state index contributed by atoms with van der Waals surface area (Å²) in [5, 5.41) is 2.66. The van der Waals surface area contributed by atoms with Crippen LogP contribution in [0.15, 0.2) is 66.2 Å². The number of ether oxygens (including phenoxy) is 1. The minimum absolute atomic E-state index is 0.0590. The summed E-state index contributed by atoms with van der Waals surface area (Å²) in [5.74, 6) is -0.404. The summed E-state index contributed by atoms with van der Waals surface area (Å²) in [5.41, 5.74) is 2.26. The molecule has 0 atom stereocenters. The number of benzene rings is 2. The summed E-state index contributed by atoms with van der Waals surface area (Å²) >= 11 is 1.07. The molecule has 0 aliphatic heterocycles. The van der Waals surface area contributed by atoms with Crippen LogP contribution in [0.4, 0.5) is 0 Å². The van der Waals surface area contributed by atoms with Gasteiger partial charge in [-0.3, -0.25) is 14.4 Å². The minimum atomic E-state index is -0.379. The van der Waals surface area contributed by atoms with E-state index in [2.05, 4.69) is 5.32 Å². The Balaban J connectivity index is 1.84. The second-order valence-electron chi connectivity index (χ2n) is 6.01. The van der Waals surface area contributed by atoms with E-state index >= 15 is 0 Å². The molecular weight excluding hydrogens is 374 g/mol. The molecule has 6 heteroatoms. The van der Waals surface area contributed by atoms with Gasteiger partial charge in [0.05, 0.1) is 6.42 Å². The fraction of sp³-hybridized carbons (Fsp3) is 0.227. The highest BCUT2D eigenvalue weighted by Gasteiger charge is 2.12. The number of esters is 1. The van der Waals surface area contributed by atoms with Crippen molar-refractivity contribution in [1.82, 2.24) is 5.32 Å². The summed E-state index contributed by atoms with van der Waals surface area (Å²) < 4.78 is 5.19. The lowest BCUT2D eigenvalue weighted by Gasteiger charge is -2.09. The Morgan fingerprint density at radius 1 is 1.00 bits per heavy atom. The van der Waals surface area contributed by atoms with Gasteiger partial charge in [0.15, 0.2) is 5.12 Å². The van der Waals surface area contributed by atoms with Crippen molar-refractivity contribution in [3.05, 3.63) is 77.4 Å². The van der Waals surface area contributed by atoms with E-state index in [4.69, 9.17) is 4.74 Å². The SMILES string of the molecule is CC(=O)SC/C(=C/c1ccccc1)C(=O)NCCC(=O)OCc1ccccc1. The number of hydrogen-bond acceptors (Lipinski definition) is 5. The molecule has 0 spiro atoms. The monoisotopic (exact) mass is 397 g/mol. The molecule has 0 unspecified atom stereocenters. The van der Waals surface area contributed by atoms with Crippen LogP contribution in [0.5, 0.6) is 0 Å². The van der Waals surface area contributed by atoms with Gasteiger partial charge >= 0.3 is 5.97 Å². The van der Waals surface area contributed by atoms with Gasteiger partial charge in [-0.25, -0.2) is 0 Å². The highest BCUT2D eigenvalue weighted by Crippen LogP contribution is 2.13. The standard InChI is InChI=1S/C22H23NO4S/c1-17(24)28-16-20(14-18-8-4-2-5-9-18)22(26)23-13-12-21(25)27-15-19-10-6-3-7-11-19/h2-11,14H,12-13,15-16H2,1H3,(H,23,26)/b20-14-. The van der Waals surface area contributed by atoms with E-state index in [1.54, 1.807) is 6.08 Å². The quantitative estimate of drug-likeness (QED) is 0.517. The number of hydrogen-bond donors (Lipinski definition) is 1. The maximum absolute atomic E-state index is 12.5. The van der Waals surface area contributed by atoms with Crippen molar-refractivity contribution in [2.24, 2.45) is 0 Å². The zero-order chi connectivity index (χ0) is 20.2. The molecule has 28 heavy (non-hydrogen) atoms. The molecule has 0 saturated carbocycles. The molecule has 0 aliphatic carbocycles. The Morgan fingerprint density at radius 3 is 2.29 bits per heavy atom. The van der Waals surface area contributed by atoms with Crippen molar-refractivity contribution in [2.75, 3.05) is 12.3 Å². The molecular formula is C22H23NO4S. The van der Waals surface area contributed by atoms with E-state index in [1.165, 1.54) is 6.92 Å². The van der Waals surface area contributed by atoms with Gasteiger partial charge in [0.25, 0.3) is 0 Å². The predicted octanol–water partition coefficient (Wildman–Crippen LogP) is 3.60. The molecule has 0 fully saturated rings. The Labute approximate surface area is 169 Å². The minimum Gasteiger partial charge on any atom is -0.461 e. The molecule has 2 aromatic carbocycles. The maximum atomic E-state index is 12.5. The van der Waals surface area contributed by atoms with Crippen LogP contribution in [0.3, 0.4) is 0 Å². The molecule has 146 valence electrons. The van der Waals surface area contributed by atoms with E-state index in [0.29, 0.717) is 5.57 Å². The van der Waals surface area contributed by atoms with Gasteiger partial charge in [-0.15, -0.1) is 0 Å². The molecule has 5 nitrogen and oxygen atoms in total. The molecule has 0 saturated heterocycles. The van der Waals surface area contributed by atoms with E-state index in [-0.39, 0.29) is 42.3 Å². The third-order valence-electron chi connectivity index (χ3n) is 3.72. The normalized spacial score (nSPS) is 11.0. The smallest absolute Gasteiger partial charge is 0.307 e. The Morgan fingerprint density at radius 2 is 1.64 bits per heavy atom. The topological polar surface area (TPSA) is 72.5 Å². The number of carbonyl (C=O) groups excluding carboxylic acids is 3. The highest BCUT2D eigenvalue weighted by atomic mass is 32.2. The highest BCUT2D eigenvalue weighted by molar-refractivity contribution is 8.13. The van der Waals surface area contributed by atoms with Crippen LogP contribution in [0, 0.1) is 0 Å². The van der Waals surface area contributed by atoms with Crippen LogP contribution in [0.25, 0.3) is 6.08 Å². The van der Waals surface area contributed by atoms with Crippen molar-refractivity contribution >= 4 is 34.8 Å². The predicted molar refractivity (Wildman–Crippen MR) is 111 cm³/mol. The lowest BCUT2D eigenvalue weighted by molar-refractivity contribution is -0.144. The third kappa shape index (κ3) is 8.22. The first-order chi connectivity index (χ1) is 13.5. The van der Waals surface area contributed by atoms with Crippen LogP contribution < -0.4 is 5.32 Å². The third-order valence-corrected chi connectivity index (χ3v) is 4.58.